The fourth-order valence-electron chi connectivity index (χ4n) is 4.33. The number of anilines is 2. The molecule has 4 aromatic rings. The van der Waals surface area contributed by atoms with Gasteiger partial charge < -0.3 is 19.7 Å². The molecule has 194 valence electrons. The van der Waals surface area contributed by atoms with E-state index >= 15 is 0 Å². The van der Waals surface area contributed by atoms with Crippen LogP contribution in [0.4, 0.5) is 16.3 Å². The van der Waals surface area contributed by atoms with Gasteiger partial charge in [-0.25, -0.2) is 14.7 Å². The molecule has 10 nitrogen and oxygen atoms in total. The molecule has 37 heavy (non-hydrogen) atoms. The van der Waals surface area contributed by atoms with Gasteiger partial charge in [0.2, 0.25) is 0 Å². The van der Waals surface area contributed by atoms with Crippen LogP contribution in [-0.2, 0) is 10.2 Å². The van der Waals surface area contributed by atoms with Crippen LogP contribution < -0.4 is 15.4 Å². The zero-order valence-electron chi connectivity index (χ0n) is 21.4. The first-order valence-electron chi connectivity index (χ1n) is 12.4. The van der Waals surface area contributed by atoms with Gasteiger partial charge >= 0.3 is 6.03 Å². The van der Waals surface area contributed by atoms with E-state index in [0.717, 1.165) is 55.3 Å². The van der Waals surface area contributed by atoms with E-state index in [0.29, 0.717) is 23.9 Å². The first-order chi connectivity index (χ1) is 17.8. The molecule has 0 saturated carbocycles. The number of amides is 2. The van der Waals surface area contributed by atoms with Crippen LogP contribution in [-0.4, -0.2) is 65.1 Å². The Morgan fingerprint density at radius 1 is 1.14 bits per heavy atom. The Bertz CT molecular complexity index is 1380. The number of rotatable bonds is 7. The van der Waals surface area contributed by atoms with E-state index in [1.54, 1.807) is 12.4 Å². The minimum Gasteiger partial charge on any atom is -0.492 e. The molecule has 10 heteroatoms. The van der Waals surface area contributed by atoms with Crippen LogP contribution in [0.1, 0.15) is 26.5 Å². The summed E-state index contributed by atoms with van der Waals surface area (Å²) in [7, 11) is 0. The standard InChI is InChI=1S/C27H32N6O4/c1-27(2,3)24-17-25(30-37-24)33(26(28)34)23-7-5-4-6-22(23)32-18-29-20-16-19(8-9-21(20)32)36-15-12-31-10-13-35-14-11-31/h4-9,16-18H,10-15H2,1-3H3,(H2,28,34). The molecule has 2 aromatic heterocycles. The normalized spacial score (nSPS) is 14.7. The van der Waals surface area contributed by atoms with Gasteiger partial charge in [0.25, 0.3) is 0 Å². The molecule has 2 N–H and O–H groups in total. The second kappa shape index (κ2) is 10.2. The Labute approximate surface area is 215 Å². The fraction of sp³-hybridized carbons (Fsp3) is 0.370. The van der Waals surface area contributed by atoms with E-state index in [4.69, 9.17) is 19.7 Å². The fourth-order valence-corrected chi connectivity index (χ4v) is 4.33. The smallest absolute Gasteiger partial charge is 0.325 e. The molecule has 2 amide bonds. The predicted octanol–water partition coefficient (Wildman–Crippen LogP) is 4.24. The van der Waals surface area contributed by atoms with Crippen molar-refractivity contribution in [3.8, 4) is 11.4 Å². The summed E-state index contributed by atoms with van der Waals surface area (Å²) < 4.78 is 18.8. The minimum atomic E-state index is -0.665. The first kappa shape index (κ1) is 24.8. The van der Waals surface area contributed by atoms with Gasteiger partial charge in [0.1, 0.15) is 24.4 Å². The highest BCUT2D eigenvalue weighted by Crippen LogP contribution is 2.34. The van der Waals surface area contributed by atoms with Crippen molar-refractivity contribution in [1.82, 2.24) is 19.6 Å². The zero-order valence-corrected chi connectivity index (χ0v) is 21.4. The number of ether oxygens (including phenoxy) is 2. The maximum absolute atomic E-state index is 12.6. The summed E-state index contributed by atoms with van der Waals surface area (Å²) in [6.45, 7) is 10.9. The Kier molecular flexibility index (Phi) is 6.86. The number of carbonyl (C=O) groups is 1. The topological polar surface area (TPSA) is 112 Å². The molecule has 1 aliphatic heterocycles. The number of fused-ring (bicyclic) bond motifs is 1. The van der Waals surface area contributed by atoms with Gasteiger partial charge in [-0.15, -0.1) is 0 Å². The van der Waals surface area contributed by atoms with Crippen molar-refractivity contribution in [2.24, 2.45) is 5.73 Å². The van der Waals surface area contributed by atoms with Crippen LogP contribution >= 0.6 is 0 Å². The Morgan fingerprint density at radius 2 is 1.92 bits per heavy atom. The van der Waals surface area contributed by atoms with Crippen molar-refractivity contribution in [2.75, 3.05) is 44.4 Å². The molecule has 2 aromatic carbocycles. The van der Waals surface area contributed by atoms with Crippen molar-refractivity contribution in [3.05, 3.63) is 60.6 Å². The summed E-state index contributed by atoms with van der Waals surface area (Å²) in [5.74, 6) is 1.74. The van der Waals surface area contributed by atoms with Gasteiger partial charge in [-0.2, -0.15) is 0 Å². The van der Waals surface area contributed by atoms with E-state index < -0.39 is 6.03 Å². The molecule has 1 aliphatic rings. The van der Waals surface area contributed by atoms with E-state index in [1.165, 1.54) is 4.90 Å². The number of urea groups is 1. The third-order valence-electron chi connectivity index (χ3n) is 6.37. The van der Waals surface area contributed by atoms with E-state index in [1.807, 2.05) is 67.8 Å². The molecule has 0 bridgehead atoms. The maximum Gasteiger partial charge on any atom is 0.325 e. The number of carbonyl (C=O) groups excluding carboxylic acids is 1. The molecule has 0 unspecified atom stereocenters. The molecule has 0 atom stereocenters. The number of morpholine rings is 1. The lowest BCUT2D eigenvalue weighted by atomic mass is 9.93. The largest absolute Gasteiger partial charge is 0.492 e. The van der Waals surface area contributed by atoms with Crippen molar-refractivity contribution in [3.63, 3.8) is 0 Å². The highest BCUT2D eigenvalue weighted by molar-refractivity contribution is 6.00. The van der Waals surface area contributed by atoms with Crippen molar-refractivity contribution in [2.45, 2.75) is 26.2 Å². The molecular weight excluding hydrogens is 472 g/mol. The number of nitrogens with two attached hydrogens (primary N) is 1. The van der Waals surface area contributed by atoms with E-state index in [9.17, 15) is 4.79 Å². The molecule has 5 rings (SSSR count). The number of nitrogens with zero attached hydrogens (tertiary/aromatic N) is 5. The average Bonchev–Trinajstić information content (AvgIpc) is 3.53. The molecule has 0 aliphatic carbocycles. The van der Waals surface area contributed by atoms with Gasteiger partial charge in [-0.3, -0.25) is 9.47 Å². The minimum absolute atomic E-state index is 0.267. The summed E-state index contributed by atoms with van der Waals surface area (Å²) in [5.41, 5.74) is 8.50. The second-order valence-corrected chi connectivity index (χ2v) is 10.0. The van der Waals surface area contributed by atoms with Crippen molar-refractivity contribution >= 4 is 28.6 Å². The number of hydrogen-bond acceptors (Lipinski definition) is 7. The quantitative estimate of drug-likeness (QED) is 0.401. The van der Waals surface area contributed by atoms with Crippen molar-refractivity contribution < 1.29 is 18.8 Å². The zero-order chi connectivity index (χ0) is 26.0. The maximum atomic E-state index is 12.6. The summed E-state index contributed by atoms with van der Waals surface area (Å²) in [4.78, 5) is 20.9. The highest BCUT2D eigenvalue weighted by atomic mass is 16.5. The Balaban J connectivity index is 1.42. The molecular formula is C27H32N6O4. The monoisotopic (exact) mass is 504 g/mol. The third-order valence-corrected chi connectivity index (χ3v) is 6.37. The summed E-state index contributed by atoms with van der Waals surface area (Å²) in [6.07, 6.45) is 1.73. The predicted molar refractivity (Wildman–Crippen MR) is 141 cm³/mol. The Hall–Kier alpha value is -3.89. The van der Waals surface area contributed by atoms with Crippen LogP contribution in [0.25, 0.3) is 16.7 Å². The van der Waals surface area contributed by atoms with Gasteiger partial charge in [0.15, 0.2) is 5.82 Å². The SMILES string of the molecule is CC(C)(C)c1cc(N(C(N)=O)c2ccccc2-n2cnc3cc(OCCN4CCOCC4)ccc32)no1. The van der Waals surface area contributed by atoms with Gasteiger partial charge in [-0.1, -0.05) is 38.1 Å². The third kappa shape index (κ3) is 5.30. The van der Waals surface area contributed by atoms with Crippen LogP contribution in [0, 0.1) is 0 Å². The Morgan fingerprint density at radius 3 is 2.65 bits per heavy atom. The summed E-state index contributed by atoms with van der Waals surface area (Å²) in [6, 6.07) is 14.4. The van der Waals surface area contributed by atoms with E-state index in [2.05, 4.69) is 15.0 Å². The van der Waals surface area contributed by atoms with Gasteiger partial charge in [0.05, 0.1) is 35.6 Å². The lowest BCUT2D eigenvalue weighted by molar-refractivity contribution is 0.0322. The number of benzene rings is 2. The number of imidazole rings is 1. The number of aromatic nitrogens is 3. The van der Waals surface area contributed by atoms with E-state index in [-0.39, 0.29) is 5.41 Å². The first-order valence-corrected chi connectivity index (χ1v) is 12.4. The lowest BCUT2D eigenvalue weighted by Gasteiger charge is -2.26. The number of primary amides is 1. The molecule has 0 spiro atoms. The van der Waals surface area contributed by atoms with Crippen LogP contribution in [0.3, 0.4) is 0 Å². The summed E-state index contributed by atoms with van der Waals surface area (Å²) >= 11 is 0. The molecule has 0 radical (unpaired) electrons. The lowest BCUT2D eigenvalue weighted by Crippen LogP contribution is -2.38. The van der Waals surface area contributed by atoms with Crippen molar-refractivity contribution in [1.29, 1.82) is 0 Å². The van der Waals surface area contributed by atoms with Gasteiger partial charge in [0, 0.05) is 37.2 Å². The number of para-hydroxylation sites is 2. The second-order valence-electron chi connectivity index (χ2n) is 10.0. The molecule has 3 heterocycles. The molecule has 1 fully saturated rings. The highest BCUT2D eigenvalue weighted by Gasteiger charge is 2.27. The summed E-state index contributed by atoms with van der Waals surface area (Å²) in [5, 5.41) is 4.14. The van der Waals surface area contributed by atoms with Crippen LogP contribution in [0.15, 0.2) is 59.4 Å². The average molecular weight is 505 g/mol. The van der Waals surface area contributed by atoms with Crippen LogP contribution in [0.5, 0.6) is 5.75 Å². The molecule has 1 saturated heterocycles. The van der Waals surface area contributed by atoms with Crippen LogP contribution in [0.2, 0.25) is 0 Å². The van der Waals surface area contributed by atoms with Gasteiger partial charge in [-0.05, 0) is 24.3 Å². The number of hydrogen-bond donors (Lipinski definition) is 1.